The molecule has 0 aromatic rings. The van der Waals surface area contributed by atoms with E-state index in [4.69, 9.17) is 5.73 Å². The predicted octanol–water partition coefficient (Wildman–Crippen LogP) is 1.17. The van der Waals surface area contributed by atoms with Crippen molar-refractivity contribution < 1.29 is 9.90 Å². The summed E-state index contributed by atoms with van der Waals surface area (Å²) in [7, 11) is 0. The number of rotatable bonds is 8. The fourth-order valence-electron chi connectivity index (χ4n) is 2.41. The van der Waals surface area contributed by atoms with Gasteiger partial charge in [0, 0.05) is 6.42 Å². The van der Waals surface area contributed by atoms with Gasteiger partial charge >= 0.3 is 0 Å². The van der Waals surface area contributed by atoms with Gasteiger partial charge < -0.3 is 16.2 Å². The van der Waals surface area contributed by atoms with E-state index in [0.29, 0.717) is 18.9 Å². The molecule has 4 nitrogen and oxygen atoms in total. The van der Waals surface area contributed by atoms with Crippen molar-refractivity contribution in [3.63, 3.8) is 0 Å². The van der Waals surface area contributed by atoms with Crippen LogP contribution in [0.3, 0.4) is 0 Å². The quantitative estimate of drug-likeness (QED) is 0.598. The highest BCUT2D eigenvalue weighted by atomic mass is 16.3. The second-order valence-electron chi connectivity index (χ2n) is 5.23. The summed E-state index contributed by atoms with van der Waals surface area (Å²) in [5.41, 5.74) is 5.23. The smallest absolute Gasteiger partial charge is 0.220 e. The molecule has 4 heteroatoms. The summed E-state index contributed by atoms with van der Waals surface area (Å²) >= 11 is 0. The minimum absolute atomic E-state index is 0.0682. The molecule has 1 amide bonds. The molecule has 1 saturated carbocycles. The highest BCUT2D eigenvalue weighted by Crippen LogP contribution is 2.31. The lowest BCUT2D eigenvalue weighted by Crippen LogP contribution is -2.56. The molecule has 1 unspecified atom stereocenters. The molecule has 0 spiro atoms. The van der Waals surface area contributed by atoms with Crippen LogP contribution in [0.4, 0.5) is 0 Å². The van der Waals surface area contributed by atoms with Gasteiger partial charge in [0.25, 0.3) is 0 Å². The molecule has 1 atom stereocenters. The molecule has 1 aliphatic rings. The number of hydrogen-bond acceptors (Lipinski definition) is 3. The molecule has 0 bridgehead atoms. The van der Waals surface area contributed by atoms with Crippen LogP contribution in [0, 0.1) is 5.92 Å². The zero-order valence-electron chi connectivity index (χ0n) is 10.9. The number of aliphatic hydroxyl groups is 1. The average Bonchev–Trinajstić information content (AvgIpc) is 2.29. The van der Waals surface area contributed by atoms with E-state index in [1.807, 2.05) is 0 Å². The Hall–Kier alpha value is -0.610. The van der Waals surface area contributed by atoms with Gasteiger partial charge in [0.2, 0.25) is 5.91 Å². The van der Waals surface area contributed by atoms with Gasteiger partial charge in [-0.2, -0.15) is 0 Å². The third kappa shape index (κ3) is 4.28. The molecule has 0 aromatic carbocycles. The summed E-state index contributed by atoms with van der Waals surface area (Å²) in [6.45, 7) is 2.90. The predicted molar refractivity (Wildman–Crippen MR) is 68.5 cm³/mol. The zero-order valence-corrected chi connectivity index (χ0v) is 10.9. The Morgan fingerprint density at radius 3 is 2.59 bits per heavy atom. The van der Waals surface area contributed by atoms with Crippen LogP contribution in [-0.2, 0) is 4.79 Å². The van der Waals surface area contributed by atoms with E-state index in [1.54, 1.807) is 0 Å². The molecule has 0 aliphatic heterocycles. The molecule has 0 heterocycles. The lowest BCUT2D eigenvalue weighted by molar-refractivity contribution is -0.125. The number of aliphatic hydroxyl groups excluding tert-OH is 1. The van der Waals surface area contributed by atoms with Crippen LogP contribution < -0.4 is 11.1 Å². The van der Waals surface area contributed by atoms with E-state index in [2.05, 4.69) is 12.2 Å². The van der Waals surface area contributed by atoms with E-state index < -0.39 is 0 Å². The van der Waals surface area contributed by atoms with Crippen molar-refractivity contribution in [2.24, 2.45) is 11.7 Å². The Morgan fingerprint density at radius 1 is 1.47 bits per heavy atom. The van der Waals surface area contributed by atoms with Gasteiger partial charge in [-0.3, -0.25) is 4.79 Å². The Balaban J connectivity index is 2.24. The normalized spacial score (nSPS) is 19.5. The SMILES string of the molecule is CCC(CCN)CCC(=O)NC1(CO)CCC1. The first-order chi connectivity index (χ1) is 8.15. The van der Waals surface area contributed by atoms with Crippen molar-refractivity contribution >= 4 is 5.91 Å². The number of carbonyl (C=O) groups is 1. The Bertz CT molecular complexity index is 234. The van der Waals surface area contributed by atoms with Crippen molar-refractivity contribution in [1.82, 2.24) is 5.32 Å². The molecule has 0 radical (unpaired) electrons. The van der Waals surface area contributed by atoms with Crippen LogP contribution in [0.25, 0.3) is 0 Å². The maximum Gasteiger partial charge on any atom is 0.220 e. The summed E-state index contributed by atoms with van der Waals surface area (Å²) < 4.78 is 0. The Labute approximate surface area is 104 Å². The van der Waals surface area contributed by atoms with E-state index in [1.165, 1.54) is 0 Å². The molecule has 17 heavy (non-hydrogen) atoms. The van der Waals surface area contributed by atoms with E-state index in [0.717, 1.165) is 38.5 Å². The fraction of sp³-hybridized carbons (Fsp3) is 0.923. The molecule has 0 saturated heterocycles. The van der Waals surface area contributed by atoms with Crippen LogP contribution in [0.5, 0.6) is 0 Å². The number of hydrogen-bond donors (Lipinski definition) is 3. The Morgan fingerprint density at radius 2 is 2.18 bits per heavy atom. The largest absolute Gasteiger partial charge is 0.394 e. The van der Waals surface area contributed by atoms with Gasteiger partial charge in [0.1, 0.15) is 0 Å². The third-order valence-electron chi connectivity index (χ3n) is 3.95. The maximum atomic E-state index is 11.8. The average molecular weight is 242 g/mol. The minimum Gasteiger partial charge on any atom is -0.394 e. The summed E-state index contributed by atoms with van der Waals surface area (Å²) in [6.07, 6.45) is 6.46. The monoisotopic (exact) mass is 242 g/mol. The van der Waals surface area contributed by atoms with E-state index in [-0.39, 0.29) is 18.1 Å². The molecule has 4 N–H and O–H groups in total. The minimum atomic E-state index is -0.299. The zero-order chi connectivity index (χ0) is 12.7. The summed E-state index contributed by atoms with van der Waals surface area (Å²) in [5.74, 6) is 0.631. The van der Waals surface area contributed by atoms with E-state index in [9.17, 15) is 9.90 Å². The van der Waals surface area contributed by atoms with Crippen molar-refractivity contribution in [1.29, 1.82) is 0 Å². The van der Waals surface area contributed by atoms with E-state index >= 15 is 0 Å². The van der Waals surface area contributed by atoms with Gasteiger partial charge in [-0.05, 0) is 44.6 Å². The fourth-order valence-corrected chi connectivity index (χ4v) is 2.41. The second kappa shape index (κ2) is 6.97. The third-order valence-corrected chi connectivity index (χ3v) is 3.95. The van der Waals surface area contributed by atoms with Gasteiger partial charge in [-0.25, -0.2) is 0 Å². The van der Waals surface area contributed by atoms with Crippen LogP contribution >= 0.6 is 0 Å². The van der Waals surface area contributed by atoms with Crippen LogP contribution in [0.1, 0.15) is 51.9 Å². The summed E-state index contributed by atoms with van der Waals surface area (Å²) in [4.78, 5) is 11.8. The van der Waals surface area contributed by atoms with Gasteiger partial charge in [-0.1, -0.05) is 13.3 Å². The van der Waals surface area contributed by atoms with Crippen LogP contribution in [0.15, 0.2) is 0 Å². The highest BCUT2D eigenvalue weighted by molar-refractivity contribution is 5.76. The highest BCUT2D eigenvalue weighted by Gasteiger charge is 2.37. The first-order valence-electron chi connectivity index (χ1n) is 6.77. The van der Waals surface area contributed by atoms with Crippen molar-refractivity contribution in [3.8, 4) is 0 Å². The molecular weight excluding hydrogens is 216 g/mol. The number of nitrogens with one attached hydrogen (secondary N) is 1. The summed E-state index contributed by atoms with van der Waals surface area (Å²) in [6, 6.07) is 0. The van der Waals surface area contributed by atoms with Gasteiger partial charge in [-0.15, -0.1) is 0 Å². The van der Waals surface area contributed by atoms with Crippen molar-refractivity contribution in [3.05, 3.63) is 0 Å². The molecule has 1 fully saturated rings. The maximum absolute atomic E-state index is 11.8. The number of nitrogens with two attached hydrogens (primary N) is 1. The summed E-state index contributed by atoms with van der Waals surface area (Å²) in [5, 5.41) is 12.2. The molecule has 100 valence electrons. The number of carbonyl (C=O) groups excluding carboxylic acids is 1. The van der Waals surface area contributed by atoms with Gasteiger partial charge in [0.15, 0.2) is 0 Å². The standard InChI is InChI=1S/C13H26N2O2/c1-2-11(6-9-14)4-5-12(17)15-13(10-16)7-3-8-13/h11,16H,2-10,14H2,1H3,(H,15,17). The molecule has 1 aliphatic carbocycles. The van der Waals surface area contributed by atoms with Crippen LogP contribution in [-0.4, -0.2) is 29.7 Å². The van der Waals surface area contributed by atoms with Crippen LogP contribution in [0.2, 0.25) is 0 Å². The topological polar surface area (TPSA) is 75.4 Å². The second-order valence-corrected chi connectivity index (χ2v) is 5.23. The van der Waals surface area contributed by atoms with Gasteiger partial charge in [0.05, 0.1) is 12.1 Å². The first-order valence-corrected chi connectivity index (χ1v) is 6.77. The lowest BCUT2D eigenvalue weighted by Gasteiger charge is -2.41. The first kappa shape index (κ1) is 14.5. The molecule has 0 aromatic heterocycles. The van der Waals surface area contributed by atoms with Crippen molar-refractivity contribution in [2.45, 2.75) is 57.4 Å². The Kier molecular flexibility index (Phi) is 5.92. The molecular formula is C13H26N2O2. The van der Waals surface area contributed by atoms with Crippen molar-refractivity contribution in [2.75, 3.05) is 13.2 Å². The number of amides is 1. The molecule has 1 rings (SSSR count). The lowest BCUT2D eigenvalue weighted by atomic mass is 9.77.